The van der Waals surface area contributed by atoms with E-state index >= 15 is 0 Å². The van der Waals surface area contributed by atoms with Gasteiger partial charge in [0.1, 0.15) is 5.82 Å². The van der Waals surface area contributed by atoms with E-state index in [0.717, 1.165) is 5.69 Å². The minimum Gasteiger partial charge on any atom is -0.466 e. The van der Waals surface area contributed by atoms with Crippen LogP contribution in [0.4, 0.5) is 15.2 Å². The number of ether oxygens (including phenoxy) is 1. The zero-order valence-electron chi connectivity index (χ0n) is 11.4. The van der Waals surface area contributed by atoms with Crippen LogP contribution in [0.15, 0.2) is 23.6 Å². The van der Waals surface area contributed by atoms with Gasteiger partial charge in [0, 0.05) is 17.5 Å². The van der Waals surface area contributed by atoms with Crippen molar-refractivity contribution >= 4 is 39.7 Å². The predicted octanol–water partition coefficient (Wildman–Crippen LogP) is 4.17. The molecule has 0 atom stereocenters. The number of anilines is 2. The second kappa shape index (κ2) is 7.38. The highest BCUT2D eigenvalue weighted by Gasteiger charge is 2.07. The van der Waals surface area contributed by atoms with Gasteiger partial charge in [-0.25, -0.2) is 9.37 Å². The van der Waals surface area contributed by atoms with E-state index < -0.39 is 5.82 Å². The van der Waals surface area contributed by atoms with E-state index in [1.54, 1.807) is 13.0 Å². The summed E-state index contributed by atoms with van der Waals surface area (Å²) < 4.78 is 18.2. The molecule has 0 unspecified atom stereocenters. The van der Waals surface area contributed by atoms with Crippen LogP contribution in [0.2, 0.25) is 5.02 Å². The number of hydrogen-bond donors (Lipinski definition) is 1. The number of carbonyl (C=O) groups is 1. The van der Waals surface area contributed by atoms with Crippen LogP contribution in [0, 0.1) is 5.82 Å². The lowest BCUT2D eigenvalue weighted by molar-refractivity contribution is -0.143. The highest BCUT2D eigenvalue weighted by molar-refractivity contribution is 7.13. The number of hydrogen-bond acceptors (Lipinski definition) is 5. The monoisotopic (exact) mass is 328 g/mol. The summed E-state index contributed by atoms with van der Waals surface area (Å²) in [7, 11) is 0. The molecular formula is C14H14ClFN2O2S. The molecule has 1 aromatic heterocycles. The smallest absolute Gasteiger partial charge is 0.306 e. The fourth-order valence-corrected chi connectivity index (χ4v) is 2.52. The maximum atomic E-state index is 13.3. The van der Waals surface area contributed by atoms with Crippen molar-refractivity contribution in [2.75, 3.05) is 11.9 Å². The van der Waals surface area contributed by atoms with Gasteiger partial charge in [-0.3, -0.25) is 4.79 Å². The first kappa shape index (κ1) is 15.7. The average Bonchev–Trinajstić information content (AvgIpc) is 2.89. The molecule has 0 spiro atoms. The van der Waals surface area contributed by atoms with Crippen LogP contribution >= 0.6 is 22.9 Å². The molecule has 1 heterocycles. The Balaban J connectivity index is 1.93. The highest BCUT2D eigenvalue weighted by Crippen LogP contribution is 2.24. The van der Waals surface area contributed by atoms with Crippen molar-refractivity contribution in [3.63, 3.8) is 0 Å². The Labute approximate surface area is 130 Å². The Morgan fingerprint density at radius 2 is 2.33 bits per heavy atom. The molecule has 1 N–H and O–H groups in total. The van der Waals surface area contributed by atoms with Crippen molar-refractivity contribution in [2.45, 2.75) is 19.8 Å². The topological polar surface area (TPSA) is 51.2 Å². The molecule has 0 aliphatic carbocycles. The molecule has 2 aromatic rings. The van der Waals surface area contributed by atoms with Crippen LogP contribution in [0.3, 0.4) is 0 Å². The maximum Gasteiger partial charge on any atom is 0.306 e. The number of nitrogens with one attached hydrogen (secondary N) is 1. The Kier molecular flexibility index (Phi) is 5.52. The van der Waals surface area contributed by atoms with Crippen molar-refractivity contribution in [3.05, 3.63) is 40.1 Å². The van der Waals surface area contributed by atoms with Crippen molar-refractivity contribution in [1.29, 1.82) is 0 Å². The zero-order valence-corrected chi connectivity index (χ0v) is 12.9. The van der Waals surface area contributed by atoms with E-state index in [2.05, 4.69) is 10.3 Å². The molecule has 21 heavy (non-hydrogen) atoms. The third-order valence-electron chi connectivity index (χ3n) is 2.61. The van der Waals surface area contributed by atoms with Crippen molar-refractivity contribution in [2.24, 2.45) is 0 Å². The zero-order chi connectivity index (χ0) is 15.2. The average molecular weight is 329 g/mol. The predicted molar refractivity (Wildman–Crippen MR) is 81.8 cm³/mol. The van der Waals surface area contributed by atoms with E-state index in [4.69, 9.17) is 16.3 Å². The molecule has 2 rings (SSSR count). The first-order chi connectivity index (χ1) is 10.1. The molecule has 112 valence electrons. The molecule has 0 bridgehead atoms. The van der Waals surface area contributed by atoms with Gasteiger partial charge in [-0.05, 0) is 25.1 Å². The van der Waals surface area contributed by atoms with Gasteiger partial charge in [-0.15, -0.1) is 11.3 Å². The number of nitrogens with zero attached hydrogens (tertiary/aromatic N) is 1. The van der Waals surface area contributed by atoms with E-state index in [1.807, 2.05) is 5.38 Å². The van der Waals surface area contributed by atoms with E-state index in [0.29, 0.717) is 30.3 Å². The van der Waals surface area contributed by atoms with Gasteiger partial charge in [-0.1, -0.05) is 11.6 Å². The Morgan fingerprint density at radius 3 is 3.05 bits per heavy atom. The van der Waals surface area contributed by atoms with Crippen LogP contribution in [-0.2, 0) is 16.0 Å². The Bertz CT molecular complexity index is 633. The van der Waals surface area contributed by atoms with Gasteiger partial charge < -0.3 is 10.1 Å². The van der Waals surface area contributed by atoms with Crippen molar-refractivity contribution < 1.29 is 13.9 Å². The summed E-state index contributed by atoms with van der Waals surface area (Å²) in [4.78, 5) is 15.6. The fraction of sp³-hybridized carbons (Fsp3) is 0.286. The first-order valence-corrected chi connectivity index (χ1v) is 7.66. The summed E-state index contributed by atoms with van der Waals surface area (Å²) >= 11 is 7.01. The molecule has 7 heteroatoms. The summed E-state index contributed by atoms with van der Waals surface area (Å²) in [5.74, 6) is -0.722. The van der Waals surface area contributed by atoms with Gasteiger partial charge >= 0.3 is 5.97 Å². The maximum absolute atomic E-state index is 13.3. The standard InChI is InChI=1S/C14H14ClFN2O2S/c1-2-20-13(19)6-4-10-8-21-14(18-10)17-9-3-5-11(15)12(16)7-9/h3,5,7-8H,2,4,6H2,1H3,(H,17,18). The van der Waals surface area contributed by atoms with Gasteiger partial charge in [0.2, 0.25) is 0 Å². The molecule has 0 amide bonds. The number of aryl methyl sites for hydroxylation is 1. The number of rotatable bonds is 6. The van der Waals surface area contributed by atoms with Gasteiger partial charge in [-0.2, -0.15) is 0 Å². The van der Waals surface area contributed by atoms with Crippen LogP contribution in [0.1, 0.15) is 19.0 Å². The Morgan fingerprint density at radius 1 is 1.52 bits per heavy atom. The summed E-state index contributed by atoms with van der Waals surface area (Å²) in [5.41, 5.74) is 1.37. The number of esters is 1. The fourth-order valence-electron chi connectivity index (χ4n) is 1.64. The molecule has 4 nitrogen and oxygen atoms in total. The second-order valence-corrected chi connectivity index (χ2v) is 5.47. The number of benzene rings is 1. The van der Waals surface area contributed by atoms with Gasteiger partial charge in [0.05, 0.1) is 23.7 Å². The van der Waals surface area contributed by atoms with Crippen molar-refractivity contribution in [1.82, 2.24) is 4.98 Å². The van der Waals surface area contributed by atoms with Crippen LogP contribution in [-0.4, -0.2) is 17.6 Å². The lowest BCUT2D eigenvalue weighted by Crippen LogP contribution is -2.05. The van der Waals surface area contributed by atoms with E-state index in [-0.39, 0.29) is 11.0 Å². The molecule has 0 saturated carbocycles. The summed E-state index contributed by atoms with van der Waals surface area (Å²) in [6.07, 6.45) is 0.818. The van der Waals surface area contributed by atoms with E-state index in [9.17, 15) is 9.18 Å². The van der Waals surface area contributed by atoms with Crippen LogP contribution in [0.5, 0.6) is 0 Å². The number of carbonyl (C=O) groups excluding carboxylic acids is 1. The van der Waals surface area contributed by atoms with Crippen LogP contribution < -0.4 is 5.32 Å². The minimum absolute atomic E-state index is 0.0785. The number of thiazole rings is 1. The first-order valence-electron chi connectivity index (χ1n) is 6.40. The Hall–Kier alpha value is -1.66. The minimum atomic E-state index is -0.485. The molecule has 1 aromatic carbocycles. The second-order valence-electron chi connectivity index (χ2n) is 4.20. The van der Waals surface area contributed by atoms with Gasteiger partial charge in [0.25, 0.3) is 0 Å². The third-order valence-corrected chi connectivity index (χ3v) is 3.73. The molecular weight excluding hydrogens is 315 g/mol. The molecule has 0 aliphatic rings. The third kappa shape index (κ3) is 4.68. The van der Waals surface area contributed by atoms with E-state index in [1.165, 1.54) is 23.5 Å². The quantitative estimate of drug-likeness (QED) is 0.808. The highest BCUT2D eigenvalue weighted by atomic mass is 35.5. The molecule has 0 saturated heterocycles. The number of aromatic nitrogens is 1. The molecule has 0 fully saturated rings. The summed E-state index contributed by atoms with van der Waals surface area (Å²) in [6, 6.07) is 4.46. The largest absolute Gasteiger partial charge is 0.466 e. The molecule has 0 radical (unpaired) electrons. The normalized spacial score (nSPS) is 10.4. The number of halogens is 2. The molecule has 0 aliphatic heterocycles. The van der Waals surface area contributed by atoms with Gasteiger partial charge in [0.15, 0.2) is 5.13 Å². The lowest BCUT2D eigenvalue weighted by atomic mass is 10.2. The summed E-state index contributed by atoms with van der Waals surface area (Å²) in [6.45, 7) is 2.15. The SMILES string of the molecule is CCOC(=O)CCc1csc(Nc2ccc(Cl)c(F)c2)n1. The van der Waals surface area contributed by atoms with Crippen molar-refractivity contribution in [3.8, 4) is 0 Å². The lowest BCUT2D eigenvalue weighted by Gasteiger charge is -2.03. The van der Waals surface area contributed by atoms with Crippen LogP contribution in [0.25, 0.3) is 0 Å². The summed E-state index contributed by atoms with van der Waals surface area (Å²) in [5, 5.41) is 5.57.